The Morgan fingerprint density at radius 2 is 1.35 bits per heavy atom. The van der Waals surface area contributed by atoms with Gasteiger partial charge in [-0.2, -0.15) is 0 Å². The molecule has 0 unspecified atom stereocenters. The summed E-state index contributed by atoms with van der Waals surface area (Å²) >= 11 is 0. The maximum atomic E-state index is 12.9. The van der Waals surface area contributed by atoms with E-state index < -0.39 is 0 Å². The lowest BCUT2D eigenvalue weighted by molar-refractivity contribution is 0.0918. The molecule has 0 aliphatic carbocycles. The highest BCUT2D eigenvalue weighted by molar-refractivity contribution is 6.03. The Bertz CT molecular complexity index is 1030. The Morgan fingerprint density at radius 1 is 0.769 bits per heavy atom. The van der Waals surface area contributed by atoms with Crippen LogP contribution in [0.25, 0.3) is 22.2 Å². The molecule has 0 bridgehead atoms. The Labute approximate surface area is 150 Å². The maximum absolute atomic E-state index is 12.9. The molecule has 0 amide bonds. The van der Waals surface area contributed by atoms with Crippen molar-refractivity contribution in [2.75, 3.05) is 28.4 Å². The number of aromatic nitrogens is 1. The van der Waals surface area contributed by atoms with E-state index in [-0.39, 0.29) is 5.91 Å². The van der Waals surface area contributed by atoms with Crippen molar-refractivity contribution < 1.29 is 23.7 Å². The van der Waals surface area contributed by atoms with Gasteiger partial charge in [0.1, 0.15) is 0 Å². The first-order valence-corrected chi connectivity index (χ1v) is 8.17. The largest absolute Gasteiger partial charge is 0.493 e. The van der Waals surface area contributed by atoms with Gasteiger partial charge in [0.2, 0.25) is 5.91 Å². The van der Waals surface area contributed by atoms with Crippen molar-refractivity contribution >= 4 is 16.8 Å². The number of nitrogens with zero attached hydrogens (tertiary/aromatic N) is 1. The molecule has 0 saturated carbocycles. The van der Waals surface area contributed by atoms with Crippen molar-refractivity contribution in [2.45, 2.75) is 6.42 Å². The van der Waals surface area contributed by atoms with Gasteiger partial charge in [0.25, 0.3) is 0 Å². The van der Waals surface area contributed by atoms with E-state index in [1.165, 1.54) is 0 Å². The number of hydrogen-bond acceptors (Lipinski definition) is 5. The smallest absolute Gasteiger partial charge is 0.236 e. The second-order valence-electron chi connectivity index (χ2n) is 6.07. The summed E-state index contributed by atoms with van der Waals surface area (Å²) in [7, 11) is 6.36. The molecule has 0 atom stereocenters. The summed E-state index contributed by atoms with van der Waals surface area (Å²) in [6.45, 7) is 0. The molecule has 1 aliphatic rings. The van der Waals surface area contributed by atoms with Crippen LogP contribution in [0, 0.1) is 0 Å². The van der Waals surface area contributed by atoms with Crippen LogP contribution in [0.3, 0.4) is 0 Å². The van der Waals surface area contributed by atoms with Crippen LogP contribution < -0.4 is 18.9 Å². The number of benzene rings is 2. The van der Waals surface area contributed by atoms with E-state index in [1.54, 1.807) is 33.0 Å². The molecule has 1 aliphatic heterocycles. The number of carbonyl (C=O) groups is 1. The number of methoxy groups -OCH3 is 4. The van der Waals surface area contributed by atoms with Crippen molar-refractivity contribution in [1.82, 2.24) is 4.57 Å². The summed E-state index contributed by atoms with van der Waals surface area (Å²) in [4.78, 5) is 12.9. The molecule has 0 saturated heterocycles. The molecule has 2 aromatic carbocycles. The standard InChI is InChI=1S/C20H19NO5/c1-23-16-6-11-8-20(22)21-14-10-19(26-4)17(24-2)7-12(14)5-15(21)13(11)9-18(16)25-3/h5-7,9-10H,8H2,1-4H3. The second-order valence-corrected chi connectivity index (χ2v) is 6.07. The Balaban J connectivity index is 2.02. The quantitative estimate of drug-likeness (QED) is 0.718. The minimum Gasteiger partial charge on any atom is -0.493 e. The number of rotatable bonds is 4. The van der Waals surface area contributed by atoms with Gasteiger partial charge in [0, 0.05) is 17.0 Å². The lowest BCUT2D eigenvalue weighted by Gasteiger charge is -2.21. The number of fused-ring (bicyclic) bond motifs is 5. The zero-order valence-corrected chi connectivity index (χ0v) is 15.1. The minimum absolute atomic E-state index is 0.00180. The average molecular weight is 353 g/mol. The van der Waals surface area contributed by atoms with E-state index in [1.807, 2.05) is 30.3 Å². The highest BCUT2D eigenvalue weighted by Crippen LogP contribution is 2.42. The highest BCUT2D eigenvalue weighted by Gasteiger charge is 2.27. The van der Waals surface area contributed by atoms with Crippen LogP contribution in [0.4, 0.5) is 0 Å². The monoisotopic (exact) mass is 353 g/mol. The fourth-order valence-electron chi connectivity index (χ4n) is 3.55. The third-order valence-electron chi connectivity index (χ3n) is 4.78. The molecular formula is C20H19NO5. The molecule has 134 valence electrons. The van der Waals surface area contributed by atoms with Gasteiger partial charge in [-0.25, -0.2) is 0 Å². The molecule has 6 heteroatoms. The summed E-state index contributed by atoms with van der Waals surface area (Å²) in [6, 6.07) is 9.49. The van der Waals surface area contributed by atoms with Crippen LogP contribution in [0.1, 0.15) is 10.4 Å². The fourth-order valence-corrected chi connectivity index (χ4v) is 3.55. The molecule has 3 aromatic rings. The Morgan fingerprint density at radius 3 is 2.00 bits per heavy atom. The van der Waals surface area contributed by atoms with E-state index in [0.29, 0.717) is 29.4 Å². The summed E-state index contributed by atoms with van der Waals surface area (Å²) < 4.78 is 23.3. The van der Waals surface area contributed by atoms with Gasteiger partial charge in [-0.15, -0.1) is 0 Å². The molecule has 0 spiro atoms. The molecular weight excluding hydrogens is 334 g/mol. The highest BCUT2D eigenvalue weighted by atomic mass is 16.5. The molecule has 0 fully saturated rings. The van der Waals surface area contributed by atoms with Gasteiger partial charge in [-0.1, -0.05) is 0 Å². The zero-order valence-electron chi connectivity index (χ0n) is 15.1. The van der Waals surface area contributed by atoms with Crippen LogP contribution in [0.2, 0.25) is 0 Å². The molecule has 1 aromatic heterocycles. The first kappa shape index (κ1) is 16.3. The molecule has 26 heavy (non-hydrogen) atoms. The molecule has 4 rings (SSSR count). The molecule has 0 N–H and O–H groups in total. The lowest BCUT2D eigenvalue weighted by Crippen LogP contribution is -2.20. The van der Waals surface area contributed by atoms with E-state index in [9.17, 15) is 4.79 Å². The first-order chi connectivity index (χ1) is 12.6. The van der Waals surface area contributed by atoms with Crippen LogP contribution in [0.5, 0.6) is 23.0 Å². The van der Waals surface area contributed by atoms with Gasteiger partial charge in [-0.05, 0) is 29.8 Å². The van der Waals surface area contributed by atoms with Gasteiger partial charge < -0.3 is 18.9 Å². The molecule has 2 heterocycles. The van der Waals surface area contributed by atoms with Gasteiger partial charge in [-0.3, -0.25) is 9.36 Å². The van der Waals surface area contributed by atoms with Crippen molar-refractivity contribution in [3.05, 3.63) is 35.9 Å². The topological polar surface area (TPSA) is 58.9 Å². The predicted octanol–water partition coefficient (Wildman–Crippen LogP) is 3.54. The summed E-state index contributed by atoms with van der Waals surface area (Å²) in [5.74, 6) is 2.47. The van der Waals surface area contributed by atoms with Gasteiger partial charge >= 0.3 is 0 Å². The van der Waals surface area contributed by atoms with E-state index in [2.05, 4.69) is 0 Å². The Hall–Kier alpha value is -3.15. The summed E-state index contributed by atoms with van der Waals surface area (Å²) in [5.41, 5.74) is 3.49. The number of hydrogen-bond donors (Lipinski definition) is 0. The predicted molar refractivity (Wildman–Crippen MR) is 97.9 cm³/mol. The average Bonchev–Trinajstić information content (AvgIpc) is 3.04. The Kier molecular flexibility index (Phi) is 3.76. The third-order valence-corrected chi connectivity index (χ3v) is 4.78. The molecule has 0 radical (unpaired) electrons. The van der Waals surface area contributed by atoms with E-state index >= 15 is 0 Å². The van der Waals surface area contributed by atoms with Gasteiger partial charge in [0.15, 0.2) is 23.0 Å². The van der Waals surface area contributed by atoms with Crippen molar-refractivity contribution in [2.24, 2.45) is 0 Å². The van der Waals surface area contributed by atoms with Crippen LogP contribution in [0.15, 0.2) is 30.3 Å². The first-order valence-electron chi connectivity index (χ1n) is 8.17. The summed E-state index contributed by atoms with van der Waals surface area (Å²) in [6.07, 6.45) is 0.292. The number of ether oxygens (including phenoxy) is 4. The zero-order chi connectivity index (χ0) is 18.4. The van der Waals surface area contributed by atoms with Crippen molar-refractivity contribution in [3.8, 4) is 34.3 Å². The van der Waals surface area contributed by atoms with Crippen molar-refractivity contribution in [1.29, 1.82) is 0 Å². The van der Waals surface area contributed by atoms with Gasteiger partial charge in [0.05, 0.1) is 46.1 Å². The molecule has 6 nitrogen and oxygen atoms in total. The third kappa shape index (κ3) is 2.22. The fraction of sp³-hybridized carbons (Fsp3) is 0.250. The SMILES string of the molecule is COc1cc2c(cc1OC)-c1cc3cc(OC)c(OC)cc3n1C(=O)C2. The van der Waals surface area contributed by atoms with Crippen LogP contribution in [-0.2, 0) is 6.42 Å². The van der Waals surface area contributed by atoms with E-state index in [4.69, 9.17) is 18.9 Å². The van der Waals surface area contributed by atoms with Crippen molar-refractivity contribution in [3.63, 3.8) is 0 Å². The maximum Gasteiger partial charge on any atom is 0.236 e. The van der Waals surface area contributed by atoms with Crippen LogP contribution in [-0.4, -0.2) is 38.9 Å². The van der Waals surface area contributed by atoms with E-state index in [0.717, 1.165) is 27.7 Å². The van der Waals surface area contributed by atoms with Crippen LogP contribution >= 0.6 is 0 Å². The number of carbonyl (C=O) groups excluding carboxylic acids is 1. The summed E-state index contributed by atoms with van der Waals surface area (Å²) in [5, 5.41) is 0.911. The normalized spacial score (nSPS) is 12.5. The second kappa shape index (κ2) is 5.98. The lowest BCUT2D eigenvalue weighted by atomic mass is 9.97. The minimum atomic E-state index is 0.00180.